The molecule has 2 fully saturated rings. The topological polar surface area (TPSA) is 119 Å². The number of rotatable bonds is 2. The Hall–Kier alpha value is -2.59. The first-order valence-corrected chi connectivity index (χ1v) is 13.4. The van der Waals surface area contributed by atoms with E-state index in [1.165, 1.54) is 4.90 Å². The lowest BCUT2D eigenvalue weighted by Gasteiger charge is -2.26. The number of ether oxygens (including phenoxy) is 1. The van der Waals surface area contributed by atoms with E-state index in [0.29, 0.717) is 25.9 Å². The molecule has 0 radical (unpaired) electrons. The zero-order chi connectivity index (χ0) is 25.5. The molecule has 3 amide bonds. The third-order valence-electron chi connectivity index (χ3n) is 7.60. The molecule has 1 aromatic carbocycles. The van der Waals surface area contributed by atoms with Gasteiger partial charge in [-0.2, -0.15) is 0 Å². The first-order valence-electron chi connectivity index (χ1n) is 13.4. The molecule has 1 aromatic rings. The highest BCUT2D eigenvalue weighted by Crippen LogP contribution is 2.27. The largest absolute Gasteiger partial charge is 0.475 e. The molecule has 0 spiro atoms. The first kappa shape index (κ1) is 26.5. The average molecular weight is 499 g/mol. The predicted molar refractivity (Wildman–Crippen MR) is 134 cm³/mol. The van der Waals surface area contributed by atoms with Gasteiger partial charge < -0.3 is 25.0 Å². The van der Waals surface area contributed by atoms with Crippen molar-refractivity contribution < 1.29 is 29.2 Å². The molecule has 0 aromatic heterocycles. The van der Waals surface area contributed by atoms with E-state index < -0.39 is 37.2 Å². The number of nitrogens with zero attached hydrogens (tertiary/aromatic N) is 2. The van der Waals surface area contributed by atoms with Crippen LogP contribution in [0.1, 0.15) is 81.8 Å². The minimum Gasteiger partial charge on any atom is -0.444 e. The van der Waals surface area contributed by atoms with Gasteiger partial charge in [0.15, 0.2) is 0 Å². The SMILES string of the molecule is O=C1N[C@H](B(O)O)CCCCCCCCCCC(=O)N2C[C@H](OC(=O)N3Cc4ccccc4C3)C[C@@H]12. The van der Waals surface area contributed by atoms with Crippen LogP contribution in [0.5, 0.6) is 0 Å². The minimum atomic E-state index is -1.68. The van der Waals surface area contributed by atoms with E-state index in [1.807, 2.05) is 24.3 Å². The van der Waals surface area contributed by atoms with E-state index in [9.17, 15) is 24.4 Å². The van der Waals surface area contributed by atoms with Gasteiger partial charge in [-0.05, 0) is 24.0 Å². The second-order valence-electron chi connectivity index (χ2n) is 10.3. The summed E-state index contributed by atoms with van der Waals surface area (Å²) in [6, 6.07) is 7.06. The lowest BCUT2D eigenvalue weighted by atomic mass is 9.76. The van der Waals surface area contributed by atoms with Gasteiger partial charge in [-0.25, -0.2) is 4.79 Å². The fourth-order valence-corrected chi connectivity index (χ4v) is 5.51. The standard InChI is InChI=1S/C26H38BN3O6/c31-24-14-8-6-4-2-1-3-5-7-13-23(27(34)35)28-25(32)22-15-21(18-30(22)24)36-26(33)29-16-19-11-9-10-12-20(19)17-29/h9-12,21-23,34-35H,1-8,13-18H2,(H,28,32)/t21-,22+,23+/m1/s1. The van der Waals surface area contributed by atoms with Crippen LogP contribution in [0, 0.1) is 0 Å². The summed E-state index contributed by atoms with van der Waals surface area (Å²) >= 11 is 0. The van der Waals surface area contributed by atoms with Crippen LogP contribution in [0.3, 0.4) is 0 Å². The monoisotopic (exact) mass is 499 g/mol. The Labute approximate surface area is 213 Å². The lowest BCUT2D eigenvalue weighted by molar-refractivity contribution is -0.138. The van der Waals surface area contributed by atoms with Gasteiger partial charge in [-0.1, -0.05) is 69.2 Å². The van der Waals surface area contributed by atoms with Gasteiger partial charge in [0, 0.05) is 25.9 Å². The summed E-state index contributed by atoms with van der Waals surface area (Å²) < 4.78 is 5.77. The summed E-state index contributed by atoms with van der Waals surface area (Å²) in [5.41, 5.74) is 2.18. The van der Waals surface area contributed by atoms with Crippen LogP contribution in [0.15, 0.2) is 24.3 Å². The zero-order valence-corrected chi connectivity index (χ0v) is 20.9. The third-order valence-corrected chi connectivity index (χ3v) is 7.60. The summed E-state index contributed by atoms with van der Waals surface area (Å²) in [5, 5.41) is 22.4. The van der Waals surface area contributed by atoms with E-state index in [2.05, 4.69) is 5.32 Å². The van der Waals surface area contributed by atoms with Crippen molar-refractivity contribution in [2.24, 2.45) is 0 Å². The number of benzene rings is 1. The quantitative estimate of drug-likeness (QED) is 0.538. The molecule has 3 N–H and O–H groups in total. The first-order chi connectivity index (χ1) is 17.4. The number of carbonyl (C=O) groups is 3. The molecule has 196 valence electrons. The molecular formula is C26H38BN3O6. The van der Waals surface area contributed by atoms with Crippen molar-refractivity contribution in [3.05, 3.63) is 35.4 Å². The smallest absolute Gasteiger partial charge is 0.444 e. The summed E-state index contributed by atoms with van der Waals surface area (Å²) in [6.45, 7) is 1.12. The number of hydrogen-bond acceptors (Lipinski definition) is 6. The second-order valence-corrected chi connectivity index (χ2v) is 10.3. The molecule has 36 heavy (non-hydrogen) atoms. The van der Waals surface area contributed by atoms with Crippen LogP contribution in [0.4, 0.5) is 4.79 Å². The van der Waals surface area contributed by atoms with E-state index >= 15 is 0 Å². The van der Waals surface area contributed by atoms with Gasteiger partial charge in [0.2, 0.25) is 11.8 Å². The van der Waals surface area contributed by atoms with Crippen LogP contribution in [0.25, 0.3) is 0 Å². The van der Waals surface area contributed by atoms with E-state index in [4.69, 9.17) is 4.74 Å². The summed E-state index contributed by atoms with van der Waals surface area (Å²) in [5.74, 6) is -1.36. The van der Waals surface area contributed by atoms with Crippen molar-refractivity contribution in [2.75, 3.05) is 6.54 Å². The van der Waals surface area contributed by atoms with Crippen molar-refractivity contribution in [2.45, 2.75) is 102 Å². The van der Waals surface area contributed by atoms with Gasteiger partial charge in [0.05, 0.1) is 12.5 Å². The molecule has 9 nitrogen and oxygen atoms in total. The van der Waals surface area contributed by atoms with E-state index in [0.717, 1.165) is 62.5 Å². The summed E-state index contributed by atoms with van der Waals surface area (Å²) in [7, 11) is -1.68. The number of nitrogens with one attached hydrogen (secondary N) is 1. The van der Waals surface area contributed by atoms with Crippen molar-refractivity contribution in [1.29, 1.82) is 0 Å². The van der Waals surface area contributed by atoms with Crippen molar-refractivity contribution in [1.82, 2.24) is 15.1 Å². The molecule has 3 aliphatic rings. The Kier molecular flexibility index (Phi) is 9.26. The van der Waals surface area contributed by atoms with Crippen molar-refractivity contribution >= 4 is 25.0 Å². The summed E-state index contributed by atoms with van der Waals surface area (Å²) in [4.78, 5) is 42.3. The highest BCUT2D eigenvalue weighted by Gasteiger charge is 2.43. The van der Waals surface area contributed by atoms with E-state index in [-0.39, 0.29) is 18.9 Å². The summed E-state index contributed by atoms with van der Waals surface area (Å²) in [6.07, 6.45) is 7.85. The van der Waals surface area contributed by atoms with Gasteiger partial charge in [-0.3, -0.25) is 14.5 Å². The molecule has 0 unspecified atom stereocenters. The fraction of sp³-hybridized carbons (Fsp3) is 0.654. The maximum atomic E-state index is 13.2. The molecular weight excluding hydrogens is 461 g/mol. The Balaban J connectivity index is 1.42. The molecule has 0 bridgehead atoms. The highest BCUT2D eigenvalue weighted by molar-refractivity contribution is 6.43. The number of amides is 3. The minimum absolute atomic E-state index is 0.129. The van der Waals surface area contributed by atoms with Crippen LogP contribution < -0.4 is 5.32 Å². The normalized spacial score (nSPS) is 26.2. The zero-order valence-electron chi connectivity index (χ0n) is 20.9. The van der Waals surface area contributed by atoms with Crippen LogP contribution in [-0.4, -0.2) is 69.5 Å². The Morgan fingerprint density at radius 2 is 1.56 bits per heavy atom. The second kappa shape index (κ2) is 12.6. The van der Waals surface area contributed by atoms with Crippen molar-refractivity contribution in [3.8, 4) is 0 Å². The van der Waals surface area contributed by atoms with Crippen LogP contribution in [0.2, 0.25) is 0 Å². The van der Waals surface area contributed by atoms with Crippen LogP contribution in [-0.2, 0) is 27.4 Å². The number of fused-ring (bicyclic) bond motifs is 2. The van der Waals surface area contributed by atoms with Gasteiger partial charge in [-0.15, -0.1) is 0 Å². The Morgan fingerprint density at radius 3 is 2.19 bits per heavy atom. The molecule has 3 aliphatic heterocycles. The maximum Gasteiger partial charge on any atom is 0.475 e. The molecule has 4 rings (SSSR count). The molecule has 0 saturated carbocycles. The fourth-order valence-electron chi connectivity index (χ4n) is 5.51. The highest BCUT2D eigenvalue weighted by atomic mass is 16.6. The molecule has 3 heterocycles. The van der Waals surface area contributed by atoms with Crippen molar-refractivity contribution in [3.63, 3.8) is 0 Å². The van der Waals surface area contributed by atoms with E-state index in [1.54, 1.807) is 4.90 Å². The van der Waals surface area contributed by atoms with Crippen LogP contribution >= 0.6 is 0 Å². The van der Waals surface area contributed by atoms with Gasteiger partial charge in [0.1, 0.15) is 12.1 Å². The average Bonchev–Trinajstić information content (AvgIpc) is 3.48. The number of hydrogen-bond donors (Lipinski definition) is 3. The lowest BCUT2D eigenvalue weighted by Crippen LogP contribution is -2.53. The molecule has 2 saturated heterocycles. The number of carbonyl (C=O) groups excluding carboxylic acids is 3. The predicted octanol–water partition coefficient (Wildman–Crippen LogP) is 2.52. The van der Waals surface area contributed by atoms with Gasteiger partial charge >= 0.3 is 13.2 Å². The van der Waals surface area contributed by atoms with Gasteiger partial charge in [0.25, 0.3) is 0 Å². The Morgan fingerprint density at radius 1 is 0.944 bits per heavy atom. The molecule has 10 heteroatoms. The molecule has 3 atom stereocenters. The molecule has 0 aliphatic carbocycles. The third kappa shape index (κ3) is 6.79. The Bertz CT molecular complexity index is 904. The maximum absolute atomic E-state index is 13.2.